The molecule has 0 atom stereocenters. The summed E-state index contributed by atoms with van der Waals surface area (Å²) < 4.78 is 0. The second-order valence-corrected chi connectivity index (χ2v) is 10.2. The van der Waals surface area contributed by atoms with Crippen molar-refractivity contribution in [1.82, 2.24) is 15.6 Å². The minimum Gasteiger partial charge on any atom is -0.507 e. The van der Waals surface area contributed by atoms with Crippen molar-refractivity contribution >= 4 is 12.1 Å². The number of phenolic OH excluding ortho intramolecular Hbond substituents is 1. The highest BCUT2D eigenvalue weighted by Gasteiger charge is 2.26. The average Bonchev–Trinajstić information content (AvgIpc) is 3.18. The summed E-state index contributed by atoms with van der Waals surface area (Å²) in [7, 11) is 0. The fourth-order valence-electron chi connectivity index (χ4n) is 3.41. The number of carbonyl (C=O) groups excluding carboxylic acids is 1. The van der Waals surface area contributed by atoms with Crippen molar-refractivity contribution in [2.24, 2.45) is 5.10 Å². The van der Waals surface area contributed by atoms with Crippen molar-refractivity contribution in [3.63, 3.8) is 0 Å². The molecule has 32 heavy (non-hydrogen) atoms. The number of hydrogen-bond donors (Lipinski definition) is 3. The maximum Gasteiger partial charge on any atom is 0.289 e. The first-order valence-electron chi connectivity index (χ1n) is 10.7. The topological polar surface area (TPSA) is 90.4 Å². The van der Waals surface area contributed by atoms with E-state index in [1.54, 1.807) is 12.3 Å². The van der Waals surface area contributed by atoms with Gasteiger partial charge in [-0.1, -0.05) is 71.4 Å². The number of hydrazone groups is 1. The van der Waals surface area contributed by atoms with Gasteiger partial charge in [0.1, 0.15) is 11.4 Å². The first-order chi connectivity index (χ1) is 14.9. The molecule has 0 aliphatic rings. The molecule has 0 aliphatic carbocycles. The molecule has 3 rings (SSSR count). The lowest BCUT2D eigenvalue weighted by molar-refractivity contribution is 0.0950. The number of benzene rings is 2. The SMILES string of the molecule is Cc1ccc(-c2cc(C(=O)NN=Cc3cc(C(C)(C)C)c(O)c(C(C)(C)C)c3)[nH]n2)cc1. The lowest BCUT2D eigenvalue weighted by atomic mass is 9.78. The molecule has 0 fully saturated rings. The summed E-state index contributed by atoms with van der Waals surface area (Å²) in [5.74, 6) is -0.0646. The van der Waals surface area contributed by atoms with Gasteiger partial charge in [-0.3, -0.25) is 9.89 Å². The number of phenols is 1. The van der Waals surface area contributed by atoms with Crippen LogP contribution in [0.2, 0.25) is 0 Å². The predicted molar refractivity (Wildman–Crippen MR) is 129 cm³/mol. The van der Waals surface area contributed by atoms with Gasteiger partial charge < -0.3 is 5.11 Å². The lowest BCUT2D eigenvalue weighted by Crippen LogP contribution is -2.19. The van der Waals surface area contributed by atoms with Gasteiger partial charge in [0.15, 0.2) is 0 Å². The summed E-state index contributed by atoms with van der Waals surface area (Å²) in [4.78, 5) is 12.5. The van der Waals surface area contributed by atoms with Gasteiger partial charge in [0, 0.05) is 16.7 Å². The van der Waals surface area contributed by atoms with Gasteiger partial charge in [0.25, 0.3) is 5.91 Å². The molecule has 0 aliphatic heterocycles. The Balaban J connectivity index is 1.80. The molecule has 0 saturated carbocycles. The van der Waals surface area contributed by atoms with E-state index in [1.807, 2.05) is 43.3 Å². The van der Waals surface area contributed by atoms with Crippen LogP contribution in [-0.2, 0) is 10.8 Å². The molecular formula is C26H32N4O2. The highest BCUT2D eigenvalue weighted by Crippen LogP contribution is 2.39. The maximum absolute atomic E-state index is 12.5. The monoisotopic (exact) mass is 432 g/mol. The fraction of sp³-hybridized carbons (Fsp3) is 0.346. The van der Waals surface area contributed by atoms with E-state index in [0.29, 0.717) is 17.1 Å². The van der Waals surface area contributed by atoms with E-state index < -0.39 is 0 Å². The standard InChI is InChI=1S/C26H32N4O2/c1-16-8-10-18(11-9-16)21-14-22(29-28-21)24(32)30-27-15-17-12-19(25(2,3)4)23(31)20(13-17)26(5,6)7/h8-15,31H,1-7H3,(H,28,29)(H,30,32). The third-order valence-electron chi connectivity index (χ3n) is 5.30. The molecule has 3 aromatic rings. The molecule has 1 heterocycles. The fourth-order valence-corrected chi connectivity index (χ4v) is 3.41. The number of rotatable bonds is 4. The highest BCUT2D eigenvalue weighted by molar-refractivity contribution is 5.94. The molecule has 1 amide bonds. The molecule has 1 aromatic heterocycles. The van der Waals surface area contributed by atoms with Crippen LogP contribution in [0.25, 0.3) is 11.3 Å². The van der Waals surface area contributed by atoms with Crippen LogP contribution in [0.3, 0.4) is 0 Å². The molecule has 2 aromatic carbocycles. The zero-order chi connectivity index (χ0) is 23.7. The van der Waals surface area contributed by atoms with E-state index in [1.165, 1.54) is 0 Å². The molecule has 6 nitrogen and oxygen atoms in total. The number of nitrogens with one attached hydrogen (secondary N) is 2. The maximum atomic E-state index is 12.5. The van der Waals surface area contributed by atoms with Gasteiger partial charge in [-0.15, -0.1) is 0 Å². The molecule has 3 N–H and O–H groups in total. The van der Waals surface area contributed by atoms with Gasteiger partial charge in [-0.05, 0) is 41.5 Å². The Bertz CT molecular complexity index is 1110. The van der Waals surface area contributed by atoms with Crippen LogP contribution in [0.1, 0.15) is 74.3 Å². The number of H-pyrrole nitrogens is 1. The number of hydrogen-bond acceptors (Lipinski definition) is 4. The van der Waals surface area contributed by atoms with Gasteiger partial charge in [-0.2, -0.15) is 10.2 Å². The number of aromatic amines is 1. The highest BCUT2D eigenvalue weighted by atomic mass is 16.3. The Morgan fingerprint density at radius 2 is 1.56 bits per heavy atom. The first-order valence-corrected chi connectivity index (χ1v) is 10.7. The second kappa shape index (κ2) is 8.61. The van der Waals surface area contributed by atoms with Crippen LogP contribution in [0.15, 0.2) is 47.6 Å². The van der Waals surface area contributed by atoms with Crippen LogP contribution in [0, 0.1) is 6.92 Å². The van der Waals surface area contributed by atoms with E-state index in [-0.39, 0.29) is 16.7 Å². The molecule has 0 radical (unpaired) electrons. The van der Waals surface area contributed by atoms with Crippen molar-refractivity contribution < 1.29 is 9.90 Å². The van der Waals surface area contributed by atoms with Crippen LogP contribution in [-0.4, -0.2) is 27.4 Å². The Hall–Kier alpha value is -3.41. The molecule has 0 spiro atoms. The zero-order valence-corrected chi connectivity index (χ0v) is 19.9. The van der Waals surface area contributed by atoms with E-state index >= 15 is 0 Å². The molecule has 0 unspecified atom stereocenters. The van der Waals surface area contributed by atoms with Crippen molar-refractivity contribution in [3.8, 4) is 17.0 Å². The number of carbonyl (C=O) groups is 1. The predicted octanol–water partition coefficient (Wildman–Crippen LogP) is 5.45. The number of nitrogens with zero attached hydrogens (tertiary/aromatic N) is 2. The molecule has 0 bridgehead atoms. The van der Waals surface area contributed by atoms with Crippen LogP contribution < -0.4 is 5.43 Å². The molecule has 0 saturated heterocycles. The Morgan fingerprint density at radius 1 is 1.00 bits per heavy atom. The molecule has 168 valence electrons. The van der Waals surface area contributed by atoms with Gasteiger partial charge in [-0.25, -0.2) is 5.43 Å². The van der Waals surface area contributed by atoms with Crippen molar-refractivity contribution in [3.05, 3.63) is 70.4 Å². The lowest BCUT2D eigenvalue weighted by Gasteiger charge is -2.27. The minimum atomic E-state index is -0.377. The Kier molecular flexibility index (Phi) is 6.26. The number of aromatic nitrogens is 2. The zero-order valence-electron chi connectivity index (χ0n) is 19.9. The largest absolute Gasteiger partial charge is 0.507 e. The van der Waals surface area contributed by atoms with E-state index in [9.17, 15) is 9.90 Å². The van der Waals surface area contributed by atoms with Crippen LogP contribution in [0.5, 0.6) is 5.75 Å². The quantitative estimate of drug-likeness (QED) is 0.378. The summed E-state index contributed by atoms with van der Waals surface area (Å²) in [6, 6.07) is 13.5. The summed E-state index contributed by atoms with van der Waals surface area (Å²) in [6.45, 7) is 14.4. The summed E-state index contributed by atoms with van der Waals surface area (Å²) in [6.07, 6.45) is 1.60. The third kappa shape index (κ3) is 5.25. The van der Waals surface area contributed by atoms with Gasteiger partial charge >= 0.3 is 0 Å². The minimum absolute atomic E-state index is 0.237. The second-order valence-electron chi connectivity index (χ2n) is 10.2. The van der Waals surface area contributed by atoms with E-state index in [0.717, 1.165) is 27.8 Å². The summed E-state index contributed by atoms with van der Waals surface area (Å²) >= 11 is 0. The van der Waals surface area contributed by atoms with Gasteiger partial charge in [0.2, 0.25) is 0 Å². The van der Waals surface area contributed by atoms with Crippen LogP contribution >= 0.6 is 0 Å². The third-order valence-corrected chi connectivity index (χ3v) is 5.30. The van der Waals surface area contributed by atoms with Crippen molar-refractivity contribution in [1.29, 1.82) is 0 Å². The van der Waals surface area contributed by atoms with Crippen molar-refractivity contribution in [2.75, 3.05) is 0 Å². The average molecular weight is 433 g/mol. The Morgan fingerprint density at radius 3 is 2.09 bits per heavy atom. The van der Waals surface area contributed by atoms with E-state index in [4.69, 9.17) is 0 Å². The number of amides is 1. The Labute approximate surface area is 189 Å². The smallest absolute Gasteiger partial charge is 0.289 e. The normalized spacial score (nSPS) is 12.3. The first kappa shape index (κ1) is 23.3. The summed E-state index contributed by atoms with van der Waals surface area (Å²) in [5, 5.41) is 22.0. The number of aryl methyl sites for hydroxylation is 1. The number of aromatic hydroxyl groups is 1. The van der Waals surface area contributed by atoms with Gasteiger partial charge in [0.05, 0.1) is 11.9 Å². The van der Waals surface area contributed by atoms with Crippen molar-refractivity contribution in [2.45, 2.75) is 59.3 Å². The summed E-state index contributed by atoms with van der Waals surface area (Å²) in [5.41, 5.74) is 7.69. The van der Waals surface area contributed by atoms with E-state index in [2.05, 4.69) is 62.3 Å². The molecular weight excluding hydrogens is 400 g/mol. The van der Waals surface area contributed by atoms with Crippen LogP contribution in [0.4, 0.5) is 0 Å². The molecule has 6 heteroatoms.